The molecule has 1 aromatic carbocycles. The van der Waals surface area contributed by atoms with Crippen LogP contribution in [-0.4, -0.2) is 50.5 Å². The van der Waals surface area contributed by atoms with Crippen LogP contribution >= 0.6 is 0 Å². The lowest BCUT2D eigenvalue weighted by Crippen LogP contribution is -2.35. The van der Waals surface area contributed by atoms with Crippen LogP contribution in [0, 0.1) is 0 Å². The Labute approximate surface area is 125 Å². The van der Waals surface area contributed by atoms with Gasteiger partial charge in [-0.2, -0.15) is 0 Å². The van der Waals surface area contributed by atoms with Gasteiger partial charge < -0.3 is 10.6 Å². The third-order valence-corrected chi connectivity index (χ3v) is 5.32. The maximum absolute atomic E-state index is 12.3. The number of nitrogens with two attached hydrogens (primary N) is 1. The molecule has 0 spiro atoms. The van der Waals surface area contributed by atoms with Crippen molar-refractivity contribution < 1.29 is 13.2 Å². The molecule has 0 aliphatic carbocycles. The fraction of sp³-hybridized carbons (Fsp3) is 0.500. The molecule has 1 saturated heterocycles. The molecule has 21 heavy (non-hydrogen) atoms. The third kappa shape index (κ3) is 3.87. The Balaban J connectivity index is 1.97. The Morgan fingerprint density at radius 3 is 2.43 bits per heavy atom. The molecule has 0 saturated carbocycles. The van der Waals surface area contributed by atoms with E-state index < -0.39 is 9.84 Å². The fourth-order valence-electron chi connectivity index (χ4n) is 2.35. The Morgan fingerprint density at radius 1 is 1.14 bits per heavy atom. The fourth-order valence-corrected chi connectivity index (χ4v) is 3.67. The lowest BCUT2D eigenvalue weighted by atomic mass is 10.2. The maximum Gasteiger partial charge on any atom is 0.324 e. The number of hydrogen-bond acceptors (Lipinski definition) is 4. The van der Waals surface area contributed by atoms with Gasteiger partial charge in [-0.1, -0.05) is 6.92 Å². The molecule has 1 fully saturated rings. The van der Waals surface area contributed by atoms with Crippen molar-refractivity contribution in [3.05, 3.63) is 24.3 Å². The van der Waals surface area contributed by atoms with E-state index in [1.165, 1.54) is 0 Å². The molecule has 0 unspecified atom stereocenters. The van der Waals surface area contributed by atoms with Gasteiger partial charge in [-0.25, -0.2) is 13.2 Å². The van der Waals surface area contributed by atoms with Crippen LogP contribution in [0.4, 0.5) is 16.2 Å². The van der Waals surface area contributed by atoms with Gasteiger partial charge in [0.15, 0.2) is 9.84 Å². The van der Waals surface area contributed by atoms with Gasteiger partial charge in [-0.05, 0) is 30.7 Å². The molecule has 0 aromatic heterocycles. The second kappa shape index (κ2) is 6.34. The van der Waals surface area contributed by atoms with E-state index in [4.69, 9.17) is 5.73 Å². The summed E-state index contributed by atoms with van der Waals surface area (Å²) >= 11 is 0. The Hall–Kier alpha value is -1.76. The van der Waals surface area contributed by atoms with Crippen molar-refractivity contribution in [3.8, 4) is 0 Å². The third-order valence-electron chi connectivity index (χ3n) is 3.49. The van der Waals surface area contributed by atoms with Crippen LogP contribution < -0.4 is 10.6 Å². The molecule has 1 aliphatic heterocycles. The zero-order chi connectivity index (χ0) is 15.5. The predicted molar refractivity (Wildman–Crippen MR) is 84.1 cm³/mol. The minimum Gasteiger partial charge on any atom is -0.399 e. The molecule has 1 aromatic rings. The summed E-state index contributed by atoms with van der Waals surface area (Å²) in [7, 11) is -3.06. The van der Waals surface area contributed by atoms with Crippen molar-refractivity contribution in [2.75, 3.05) is 41.8 Å². The highest BCUT2D eigenvalue weighted by molar-refractivity contribution is 7.91. The quantitative estimate of drug-likeness (QED) is 0.803. The molecule has 116 valence electrons. The highest BCUT2D eigenvalue weighted by atomic mass is 32.2. The van der Waals surface area contributed by atoms with Crippen molar-refractivity contribution in [2.24, 2.45) is 0 Å². The van der Waals surface area contributed by atoms with E-state index in [2.05, 4.69) is 0 Å². The first-order valence-corrected chi connectivity index (χ1v) is 8.87. The molecule has 2 N–H and O–H groups in total. The summed E-state index contributed by atoms with van der Waals surface area (Å²) in [6, 6.07) is 6.94. The van der Waals surface area contributed by atoms with E-state index in [1.54, 1.807) is 34.1 Å². The minimum absolute atomic E-state index is 0.0299. The summed E-state index contributed by atoms with van der Waals surface area (Å²) in [6.45, 7) is 3.20. The Bertz CT molecular complexity index is 598. The van der Waals surface area contributed by atoms with E-state index >= 15 is 0 Å². The second-order valence-electron chi connectivity index (χ2n) is 5.16. The summed E-state index contributed by atoms with van der Waals surface area (Å²) in [5.41, 5.74) is 7.06. The Kier molecular flexibility index (Phi) is 4.72. The van der Waals surface area contributed by atoms with Crippen LogP contribution in [0.15, 0.2) is 24.3 Å². The van der Waals surface area contributed by atoms with Gasteiger partial charge in [0.1, 0.15) is 0 Å². The highest BCUT2D eigenvalue weighted by Crippen LogP contribution is 2.21. The molecular weight excluding hydrogens is 290 g/mol. The number of benzene rings is 1. The lowest BCUT2D eigenvalue weighted by molar-refractivity contribution is 0.223. The first kappa shape index (κ1) is 15.6. The van der Waals surface area contributed by atoms with Gasteiger partial charge in [-0.3, -0.25) is 4.90 Å². The summed E-state index contributed by atoms with van der Waals surface area (Å²) in [5.74, 6) is 0.207. The van der Waals surface area contributed by atoms with Crippen LogP contribution in [0.2, 0.25) is 0 Å². The Morgan fingerprint density at radius 2 is 1.81 bits per heavy atom. The monoisotopic (exact) mass is 311 g/mol. The number of rotatable bonds is 6. The van der Waals surface area contributed by atoms with Crippen LogP contribution in [-0.2, 0) is 9.84 Å². The number of sulfone groups is 1. The molecule has 6 nitrogen and oxygen atoms in total. The van der Waals surface area contributed by atoms with Crippen molar-refractivity contribution in [2.45, 2.75) is 13.3 Å². The molecule has 2 rings (SSSR count). The SMILES string of the molecule is CCCS(=O)(=O)CCN1CCN(c2ccc(N)cc2)C1=O. The predicted octanol–water partition coefficient (Wildman–Crippen LogP) is 1.34. The molecule has 7 heteroatoms. The van der Waals surface area contributed by atoms with Crippen molar-refractivity contribution >= 4 is 27.2 Å². The van der Waals surface area contributed by atoms with E-state index in [9.17, 15) is 13.2 Å². The minimum atomic E-state index is -3.06. The van der Waals surface area contributed by atoms with Gasteiger partial charge in [0.25, 0.3) is 0 Å². The molecule has 1 heterocycles. The molecule has 0 radical (unpaired) electrons. The summed E-state index contributed by atoms with van der Waals surface area (Å²) in [4.78, 5) is 15.5. The van der Waals surface area contributed by atoms with Crippen molar-refractivity contribution in [3.63, 3.8) is 0 Å². The van der Waals surface area contributed by atoms with Crippen LogP contribution in [0.25, 0.3) is 0 Å². The molecule has 2 amide bonds. The molecule has 0 bridgehead atoms. The lowest BCUT2D eigenvalue weighted by Gasteiger charge is -2.18. The number of nitrogen functional groups attached to an aromatic ring is 1. The van der Waals surface area contributed by atoms with Gasteiger partial charge in [0.2, 0.25) is 0 Å². The zero-order valence-corrected chi connectivity index (χ0v) is 13.0. The standard InChI is InChI=1S/C14H21N3O3S/c1-2-10-21(19,20)11-9-16-7-8-17(14(16)18)13-5-3-12(15)4-6-13/h3-6H,2,7-11,15H2,1H3. The molecule has 0 atom stereocenters. The van der Waals surface area contributed by atoms with Crippen molar-refractivity contribution in [1.29, 1.82) is 0 Å². The number of hydrogen-bond donors (Lipinski definition) is 1. The van der Waals surface area contributed by atoms with Gasteiger partial charge in [0, 0.05) is 36.8 Å². The molecular formula is C14H21N3O3S. The van der Waals surface area contributed by atoms with Crippen LogP contribution in [0.1, 0.15) is 13.3 Å². The average Bonchev–Trinajstić information content (AvgIpc) is 2.79. The van der Waals surface area contributed by atoms with E-state index in [-0.39, 0.29) is 24.1 Å². The normalized spacial score (nSPS) is 15.8. The first-order chi connectivity index (χ1) is 9.93. The number of carbonyl (C=O) groups excluding carboxylic acids is 1. The van der Waals surface area contributed by atoms with E-state index in [0.717, 1.165) is 5.69 Å². The number of urea groups is 1. The number of anilines is 2. The molecule has 1 aliphatic rings. The second-order valence-corrected chi connectivity index (χ2v) is 7.47. The van der Waals surface area contributed by atoms with E-state index in [0.29, 0.717) is 25.2 Å². The number of nitrogens with zero attached hydrogens (tertiary/aromatic N) is 2. The first-order valence-electron chi connectivity index (χ1n) is 7.05. The van der Waals surface area contributed by atoms with E-state index in [1.807, 2.05) is 6.92 Å². The highest BCUT2D eigenvalue weighted by Gasteiger charge is 2.30. The maximum atomic E-state index is 12.3. The average molecular weight is 311 g/mol. The largest absolute Gasteiger partial charge is 0.399 e. The summed E-state index contributed by atoms with van der Waals surface area (Å²) in [6.07, 6.45) is 0.605. The smallest absolute Gasteiger partial charge is 0.324 e. The van der Waals surface area contributed by atoms with Gasteiger partial charge >= 0.3 is 6.03 Å². The zero-order valence-electron chi connectivity index (χ0n) is 12.2. The van der Waals surface area contributed by atoms with Crippen LogP contribution in [0.5, 0.6) is 0 Å². The van der Waals surface area contributed by atoms with Crippen molar-refractivity contribution in [1.82, 2.24) is 4.90 Å². The number of amides is 2. The van der Waals surface area contributed by atoms with Gasteiger partial charge in [-0.15, -0.1) is 0 Å². The van der Waals surface area contributed by atoms with Gasteiger partial charge in [0.05, 0.1) is 5.75 Å². The summed E-state index contributed by atoms with van der Waals surface area (Å²) < 4.78 is 23.4. The number of carbonyl (C=O) groups is 1. The summed E-state index contributed by atoms with van der Waals surface area (Å²) in [5, 5.41) is 0. The topological polar surface area (TPSA) is 83.7 Å². The van der Waals surface area contributed by atoms with Crippen LogP contribution in [0.3, 0.4) is 0 Å².